The average Bonchev–Trinajstić information content (AvgIpc) is 2.65. The molecule has 2 rings (SSSR count). The van der Waals surface area contributed by atoms with Gasteiger partial charge in [-0.1, -0.05) is 55.5 Å². The molecule has 0 amide bonds. The van der Waals surface area contributed by atoms with Crippen molar-refractivity contribution in [1.82, 2.24) is 10.2 Å². The number of nitrogens with one attached hydrogen (secondary N) is 1. The van der Waals surface area contributed by atoms with E-state index < -0.39 is 0 Å². The average molecular weight is 288 g/mol. The first-order valence-electron chi connectivity index (χ1n) is 8.52. The Morgan fingerprint density at radius 1 is 1.14 bits per heavy atom. The molecule has 1 aliphatic rings. The van der Waals surface area contributed by atoms with Crippen LogP contribution in [0.25, 0.3) is 0 Å². The molecule has 21 heavy (non-hydrogen) atoms. The van der Waals surface area contributed by atoms with Crippen molar-refractivity contribution >= 4 is 0 Å². The molecule has 0 bridgehead atoms. The molecule has 1 aliphatic carbocycles. The lowest BCUT2D eigenvalue weighted by molar-refractivity contribution is 0.144. The highest BCUT2D eigenvalue weighted by Gasteiger charge is 2.31. The summed E-state index contributed by atoms with van der Waals surface area (Å²) in [5.74, 6) is 0. The summed E-state index contributed by atoms with van der Waals surface area (Å²) in [6.45, 7) is 5.61. The number of nitrogens with zero attached hydrogens (tertiary/aromatic N) is 1. The maximum atomic E-state index is 3.46. The van der Waals surface area contributed by atoms with Crippen LogP contribution in [-0.2, 0) is 6.54 Å². The zero-order valence-corrected chi connectivity index (χ0v) is 14.1. The molecule has 118 valence electrons. The van der Waals surface area contributed by atoms with Crippen molar-refractivity contribution in [3.05, 3.63) is 35.4 Å². The Kier molecular flexibility index (Phi) is 6.25. The van der Waals surface area contributed by atoms with Gasteiger partial charge in [0.25, 0.3) is 0 Å². The standard InChI is InChI=1S/C19H32N2/c1-17-9-8-10-18(13-17)14-21(3)16-19(15-20-2)11-6-4-5-7-12-19/h8-10,13,20H,4-7,11-12,14-16H2,1-3H3. The largest absolute Gasteiger partial charge is 0.319 e. The van der Waals surface area contributed by atoms with Gasteiger partial charge in [0.15, 0.2) is 0 Å². The fourth-order valence-electron chi connectivity index (χ4n) is 3.99. The highest BCUT2D eigenvalue weighted by molar-refractivity contribution is 5.22. The Morgan fingerprint density at radius 3 is 2.48 bits per heavy atom. The summed E-state index contributed by atoms with van der Waals surface area (Å²) in [5, 5.41) is 3.46. The molecule has 0 spiro atoms. The molecule has 0 aliphatic heterocycles. The Morgan fingerprint density at radius 2 is 1.86 bits per heavy atom. The van der Waals surface area contributed by atoms with E-state index in [0.717, 1.165) is 13.1 Å². The van der Waals surface area contributed by atoms with Crippen LogP contribution in [0.3, 0.4) is 0 Å². The van der Waals surface area contributed by atoms with Gasteiger partial charge in [-0.3, -0.25) is 0 Å². The molecule has 0 atom stereocenters. The first-order chi connectivity index (χ1) is 10.1. The van der Waals surface area contributed by atoms with Crippen LogP contribution >= 0.6 is 0 Å². The van der Waals surface area contributed by atoms with Crippen LogP contribution in [0.5, 0.6) is 0 Å². The van der Waals surface area contributed by atoms with Crippen LogP contribution < -0.4 is 5.32 Å². The predicted octanol–water partition coefficient (Wildman–Crippen LogP) is 3.99. The minimum Gasteiger partial charge on any atom is -0.319 e. The summed E-state index contributed by atoms with van der Waals surface area (Å²) in [6, 6.07) is 8.92. The van der Waals surface area contributed by atoms with Crippen LogP contribution in [0.1, 0.15) is 49.7 Å². The first kappa shape index (κ1) is 16.5. The minimum atomic E-state index is 0.476. The zero-order chi connectivity index (χ0) is 15.1. The predicted molar refractivity (Wildman–Crippen MR) is 91.6 cm³/mol. The molecule has 0 radical (unpaired) electrons. The normalized spacial score (nSPS) is 18.7. The van der Waals surface area contributed by atoms with Crippen LogP contribution in [0.15, 0.2) is 24.3 Å². The van der Waals surface area contributed by atoms with Crippen LogP contribution in [-0.4, -0.2) is 32.1 Å². The lowest BCUT2D eigenvalue weighted by atomic mass is 9.79. The maximum Gasteiger partial charge on any atom is 0.0231 e. The SMILES string of the molecule is CNCC1(CN(C)Cc2cccc(C)c2)CCCCCC1. The van der Waals surface area contributed by atoms with Gasteiger partial charge in [-0.25, -0.2) is 0 Å². The van der Waals surface area contributed by atoms with Gasteiger partial charge >= 0.3 is 0 Å². The minimum absolute atomic E-state index is 0.476. The molecule has 2 nitrogen and oxygen atoms in total. The molecule has 0 heterocycles. The van der Waals surface area contributed by atoms with E-state index in [1.807, 2.05) is 0 Å². The molecule has 0 aromatic heterocycles. The molecule has 0 saturated heterocycles. The molecule has 1 aromatic carbocycles. The highest BCUT2D eigenvalue weighted by atomic mass is 15.1. The number of hydrogen-bond donors (Lipinski definition) is 1. The van der Waals surface area contributed by atoms with Gasteiger partial charge < -0.3 is 10.2 Å². The smallest absolute Gasteiger partial charge is 0.0231 e. The van der Waals surface area contributed by atoms with Crippen molar-refractivity contribution in [2.75, 3.05) is 27.2 Å². The van der Waals surface area contributed by atoms with Gasteiger partial charge in [-0.2, -0.15) is 0 Å². The van der Waals surface area contributed by atoms with Crippen molar-refractivity contribution < 1.29 is 0 Å². The quantitative estimate of drug-likeness (QED) is 0.796. The number of hydrogen-bond acceptors (Lipinski definition) is 2. The molecular formula is C19H32N2. The third-order valence-corrected chi connectivity index (χ3v) is 4.86. The number of rotatable bonds is 6. The van der Waals surface area contributed by atoms with Crippen LogP contribution in [0.4, 0.5) is 0 Å². The molecule has 1 N–H and O–H groups in total. The van der Waals surface area contributed by atoms with E-state index in [2.05, 4.69) is 55.5 Å². The summed E-state index contributed by atoms with van der Waals surface area (Å²) >= 11 is 0. The van der Waals surface area contributed by atoms with E-state index >= 15 is 0 Å². The van der Waals surface area contributed by atoms with Gasteiger partial charge in [-0.05, 0) is 44.8 Å². The highest BCUT2D eigenvalue weighted by Crippen LogP contribution is 2.35. The lowest BCUT2D eigenvalue weighted by Gasteiger charge is -2.36. The maximum absolute atomic E-state index is 3.46. The van der Waals surface area contributed by atoms with E-state index in [1.54, 1.807) is 0 Å². The fourth-order valence-corrected chi connectivity index (χ4v) is 3.99. The summed E-state index contributed by atoms with van der Waals surface area (Å²) in [6.07, 6.45) is 8.41. The van der Waals surface area contributed by atoms with Crippen molar-refractivity contribution in [3.63, 3.8) is 0 Å². The lowest BCUT2D eigenvalue weighted by Crippen LogP contribution is -2.41. The molecule has 1 fully saturated rings. The summed E-state index contributed by atoms with van der Waals surface area (Å²) in [4.78, 5) is 2.53. The summed E-state index contributed by atoms with van der Waals surface area (Å²) in [5.41, 5.74) is 3.27. The van der Waals surface area contributed by atoms with Crippen molar-refractivity contribution in [2.24, 2.45) is 5.41 Å². The van der Waals surface area contributed by atoms with Crippen molar-refractivity contribution in [2.45, 2.75) is 52.0 Å². The molecule has 0 unspecified atom stereocenters. The molecule has 2 heteroatoms. The van der Waals surface area contributed by atoms with E-state index in [4.69, 9.17) is 0 Å². The van der Waals surface area contributed by atoms with E-state index in [-0.39, 0.29) is 0 Å². The van der Waals surface area contributed by atoms with Crippen LogP contribution in [0.2, 0.25) is 0 Å². The topological polar surface area (TPSA) is 15.3 Å². The van der Waals surface area contributed by atoms with Gasteiger partial charge in [-0.15, -0.1) is 0 Å². The van der Waals surface area contributed by atoms with Gasteiger partial charge in [0.1, 0.15) is 0 Å². The Hall–Kier alpha value is -0.860. The Balaban J connectivity index is 1.98. The van der Waals surface area contributed by atoms with E-state index in [1.165, 1.54) is 56.2 Å². The Bertz CT molecular complexity index is 419. The molecular weight excluding hydrogens is 256 g/mol. The second-order valence-corrected chi connectivity index (χ2v) is 7.11. The second kappa shape index (κ2) is 7.95. The molecule has 1 saturated carbocycles. The third-order valence-electron chi connectivity index (χ3n) is 4.86. The van der Waals surface area contributed by atoms with E-state index in [9.17, 15) is 0 Å². The number of aryl methyl sites for hydroxylation is 1. The van der Waals surface area contributed by atoms with Gasteiger partial charge in [0, 0.05) is 19.6 Å². The summed E-state index contributed by atoms with van der Waals surface area (Å²) in [7, 11) is 4.39. The molecule has 1 aromatic rings. The van der Waals surface area contributed by atoms with Gasteiger partial charge in [0.05, 0.1) is 0 Å². The monoisotopic (exact) mass is 288 g/mol. The zero-order valence-electron chi connectivity index (χ0n) is 14.1. The van der Waals surface area contributed by atoms with Crippen LogP contribution in [0, 0.1) is 12.3 Å². The third kappa shape index (κ3) is 5.12. The van der Waals surface area contributed by atoms with E-state index in [0.29, 0.717) is 5.41 Å². The van der Waals surface area contributed by atoms with Gasteiger partial charge in [0.2, 0.25) is 0 Å². The fraction of sp³-hybridized carbons (Fsp3) is 0.684. The van der Waals surface area contributed by atoms with Crippen molar-refractivity contribution in [3.8, 4) is 0 Å². The number of benzene rings is 1. The first-order valence-corrected chi connectivity index (χ1v) is 8.52. The van der Waals surface area contributed by atoms with Crippen molar-refractivity contribution in [1.29, 1.82) is 0 Å². The Labute approximate surface area is 130 Å². The second-order valence-electron chi connectivity index (χ2n) is 7.11. The summed E-state index contributed by atoms with van der Waals surface area (Å²) < 4.78 is 0.